The monoisotopic (exact) mass is 281 g/mol. The summed E-state index contributed by atoms with van der Waals surface area (Å²) in [7, 11) is 0. The number of H-pyrrole nitrogens is 1. The van der Waals surface area contributed by atoms with E-state index >= 15 is 0 Å². The molecule has 1 atom stereocenters. The molecule has 2 amide bonds. The van der Waals surface area contributed by atoms with Crippen molar-refractivity contribution in [1.29, 1.82) is 0 Å². The molecule has 1 aromatic heterocycles. The van der Waals surface area contributed by atoms with E-state index in [0.29, 0.717) is 31.5 Å². The maximum atomic E-state index is 11.8. The van der Waals surface area contributed by atoms with E-state index in [-0.39, 0.29) is 24.0 Å². The second-order valence-corrected chi connectivity index (χ2v) is 5.10. The number of nitrogens with one attached hydrogen (secondary N) is 3. The molecule has 0 aromatic carbocycles. The van der Waals surface area contributed by atoms with Gasteiger partial charge in [0.05, 0.1) is 12.0 Å². The van der Waals surface area contributed by atoms with Crippen LogP contribution in [0.3, 0.4) is 0 Å². The lowest BCUT2D eigenvalue weighted by Crippen LogP contribution is -2.45. The fraction of sp³-hybridized carbons (Fsp3) is 0.667. The van der Waals surface area contributed by atoms with Crippen LogP contribution in [0.25, 0.3) is 0 Å². The topological polar surface area (TPSA) is 120 Å². The van der Waals surface area contributed by atoms with Gasteiger partial charge in [-0.05, 0) is 32.6 Å². The molecule has 0 radical (unpaired) electrons. The minimum atomic E-state index is -0.744. The predicted octanol–water partition coefficient (Wildman–Crippen LogP) is 0.808. The summed E-state index contributed by atoms with van der Waals surface area (Å²) in [6, 6.07) is -0.493. The number of rotatable bonds is 4. The molecule has 1 saturated carbocycles. The zero-order valence-corrected chi connectivity index (χ0v) is 11.3. The zero-order valence-electron chi connectivity index (χ0n) is 11.3. The van der Waals surface area contributed by atoms with Crippen LogP contribution < -0.4 is 10.6 Å². The Labute approximate surface area is 116 Å². The van der Waals surface area contributed by atoms with Gasteiger partial charge in [0, 0.05) is 6.04 Å². The Morgan fingerprint density at radius 1 is 1.40 bits per heavy atom. The standard InChI is InChI=1S/C12H19N5O3/c1-7(10-13-6-14-17-10)15-12(20)16-9-4-2-8(3-5-9)11(18)19/h6-9H,2-5H2,1H3,(H,18,19)(H,13,14,17)(H2,15,16,20). The highest BCUT2D eigenvalue weighted by Gasteiger charge is 2.27. The number of urea groups is 1. The molecule has 1 fully saturated rings. The van der Waals surface area contributed by atoms with Gasteiger partial charge in [-0.15, -0.1) is 0 Å². The van der Waals surface area contributed by atoms with E-state index < -0.39 is 5.97 Å². The van der Waals surface area contributed by atoms with Gasteiger partial charge >= 0.3 is 12.0 Å². The van der Waals surface area contributed by atoms with E-state index in [1.165, 1.54) is 6.33 Å². The second kappa shape index (κ2) is 6.36. The molecule has 0 bridgehead atoms. The van der Waals surface area contributed by atoms with Crippen molar-refractivity contribution in [3.05, 3.63) is 12.2 Å². The van der Waals surface area contributed by atoms with Crippen LogP contribution in [0.2, 0.25) is 0 Å². The molecule has 1 unspecified atom stereocenters. The van der Waals surface area contributed by atoms with Crippen molar-refractivity contribution >= 4 is 12.0 Å². The summed E-state index contributed by atoms with van der Waals surface area (Å²) in [5.74, 6) is -0.425. The Kier molecular flexibility index (Phi) is 4.54. The highest BCUT2D eigenvalue weighted by atomic mass is 16.4. The molecule has 1 aliphatic rings. The summed E-state index contributed by atoms with van der Waals surface area (Å²) >= 11 is 0. The van der Waals surface area contributed by atoms with Gasteiger partial charge in [-0.3, -0.25) is 9.89 Å². The third-order valence-electron chi connectivity index (χ3n) is 3.60. The van der Waals surface area contributed by atoms with Crippen LogP contribution in [-0.4, -0.2) is 38.3 Å². The van der Waals surface area contributed by atoms with E-state index in [9.17, 15) is 9.59 Å². The quantitative estimate of drug-likeness (QED) is 0.651. The zero-order chi connectivity index (χ0) is 14.5. The molecule has 110 valence electrons. The van der Waals surface area contributed by atoms with Gasteiger partial charge in [-0.1, -0.05) is 0 Å². The van der Waals surface area contributed by atoms with Crippen molar-refractivity contribution in [2.45, 2.75) is 44.7 Å². The van der Waals surface area contributed by atoms with Crippen LogP contribution in [-0.2, 0) is 4.79 Å². The molecule has 1 heterocycles. The van der Waals surface area contributed by atoms with Gasteiger partial charge < -0.3 is 15.7 Å². The Balaban J connectivity index is 1.74. The number of carboxylic acid groups (broad SMARTS) is 1. The average Bonchev–Trinajstić information content (AvgIpc) is 2.93. The van der Waals surface area contributed by atoms with Crippen molar-refractivity contribution in [1.82, 2.24) is 25.8 Å². The lowest BCUT2D eigenvalue weighted by molar-refractivity contribution is -0.142. The minimum Gasteiger partial charge on any atom is -0.481 e. The molecule has 8 nitrogen and oxygen atoms in total. The molecule has 0 aliphatic heterocycles. The number of carbonyl (C=O) groups is 2. The Bertz CT molecular complexity index is 454. The molecule has 0 spiro atoms. The summed E-state index contributed by atoms with van der Waals surface area (Å²) in [6.45, 7) is 1.81. The number of aliphatic carboxylic acids is 1. The molecule has 1 aliphatic carbocycles. The first-order chi connectivity index (χ1) is 9.56. The van der Waals surface area contributed by atoms with Gasteiger partial charge in [0.15, 0.2) is 0 Å². The van der Waals surface area contributed by atoms with Gasteiger partial charge in [0.2, 0.25) is 0 Å². The number of aromatic amines is 1. The molecule has 8 heteroatoms. The molecule has 4 N–H and O–H groups in total. The van der Waals surface area contributed by atoms with Crippen molar-refractivity contribution in [2.24, 2.45) is 5.92 Å². The smallest absolute Gasteiger partial charge is 0.315 e. The van der Waals surface area contributed by atoms with Crippen LogP contribution in [0.5, 0.6) is 0 Å². The molecule has 1 aromatic rings. The second-order valence-electron chi connectivity index (χ2n) is 5.10. The number of amides is 2. The van der Waals surface area contributed by atoms with E-state index in [2.05, 4.69) is 25.8 Å². The van der Waals surface area contributed by atoms with Crippen LogP contribution in [0.1, 0.15) is 44.5 Å². The normalized spacial score (nSPS) is 23.9. The number of aromatic nitrogens is 3. The molecule has 2 rings (SSSR count). The maximum absolute atomic E-state index is 11.8. The largest absolute Gasteiger partial charge is 0.481 e. The maximum Gasteiger partial charge on any atom is 0.315 e. The fourth-order valence-electron chi connectivity index (χ4n) is 2.40. The van der Waals surface area contributed by atoms with Crippen molar-refractivity contribution in [3.8, 4) is 0 Å². The molecular weight excluding hydrogens is 262 g/mol. The van der Waals surface area contributed by atoms with E-state index in [4.69, 9.17) is 5.11 Å². The summed E-state index contributed by atoms with van der Waals surface area (Å²) in [5.41, 5.74) is 0. The Morgan fingerprint density at radius 2 is 2.10 bits per heavy atom. The Hall–Kier alpha value is -2.12. The van der Waals surface area contributed by atoms with Gasteiger partial charge in [-0.2, -0.15) is 5.10 Å². The molecule has 0 saturated heterocycles. The SMILES string of the molecule is CC(NC(=O)NC1CCC(C(=O)O)CC1)c1ncn[nH]1. The molecule has 20 heavy (non-hydrogen) atoms. The first-order valence-corrected chi connectivity index (χ1v) is 6.71. The van der Waals surface area contributed by atoms with Crippen LogP contribution >= 0.6 is 0 Å². The number of carboxylic acids is 1. The van der Waals surface area contributed by atoms with Crippen molar-refractivity contribution in [3.63, 3.8) is 0 Å². The predicted molar refractivity (Wildman–Crippen MR) is 69.8 cm³/mol. The number of nitrogens with zero attached hydrogens (tertiary/aromatic N) is 2. The lowest BCUT2D eigenvalue weighted by atomic mass is 9.86. The van der Waals surface area contributed by atoms with Gasteiger partial charge in [-0.25, -0.2) is 9.78 Å². The van der Waals surface area contributed by atoms with Crippen molar-refractivity contribution in [2.75, 3.05) is 0 Å². The summed E-state index contributed by atoms with van der Waals surface area (Å²) in [4.78, 5) is 26.6. The van der Waals surface area contributed by atoms with E-state index in [1.807, 2.05) is 0 Å². The Morgan fingerprint density at radius 3 is 2.65 bits per heavy atom. The number of hydrogen-bond donors (Lipinski definition) is 4. The minimum absolute atomic E-state index is 0.0347. The van der Waals surface area contributed by atoms with Crippen LogP contribution in [0.15, 0.2) is 6.33 Å². The molecular formula is C12H19N5O3. The fourth-order valence-corrected chi connectivity index (χ4v) is 2.40. The van der Waals surface area contributed by atoms with E-state index in [0.717, 1.165) is 0 Å². The first kappa shape index (κ1) is 14.3. The van der Waals surface area contributed by atoms with Crippen LogP contribution in [0, 0.1) is 5.92 Å². The van der Waals surface area contributed by atoms with Crippen LogP contribution in [0.4, 0.5) is 4.79 Å². The van der Waals surface area contributed by atoms with Gasteiger partial charge in [0.1, 0.15) is 12.2 Å². The summed E-state index contributed by atoms with van der Waals surface area (Å²) < 4.78 is 0. The van der Waals surface area contributed by atoms with Crippen molar-refractivity contribution < 1.29 is 14.7 Å². The number of carbonyl (C=O) groups excluding carboxylic acids is 1. The average molecular weight is 281 g/mol. The first-order valence-electron chi connectivity index (χ1n) is 6.71. The number of hydrogen-bond acceptors (Lipinski definition) is 4. The third-order valence-corrected chi connectivity index (χ3v) is 3.60. The summed E-state index contributed by atoms with van der Waals surface area (Å²) in [5, 5.41) is 21.0. The van der Waals surface area contributed by atoms with Gasteiger partial charge in [0.25, 0.3) is 0 Å². The highest BCUT2D eigenvalue weighted by Crippen LogP contribution is 2.24. The lowest BCUT2D eigenvalue weighted by Gasteiger charge is -2.27. The third kappa shape index (κ3) is 3.69. The summed E-state index contributed by atoms with van der Waals surface area (Å²) in [6.07, 6.45) is 4.00. The van der Waals surface area contributed by atoms with E-state index in [1.54, 1.807) is 6.92 Å². The highest BCUT2D eigenvalue weighted by molar-refractivity contribution is 5.74.